The van der Waals surface area contributed by atoms with Crippen molar-refractivity contribution in [3.63, 3.8) is 0 Å². The third-order valence-electron chi connectivity index (χ3n) is 3.13. The molecule has 1 atom stereocenters. The molecule has 2 heterocycles. The molecule has 2 aliphatic heterocycles. The Morgan fingerprint density at radius 3 is 3.07 bits per heavy atom. The summed E-state index contributed by atoms with van der Waals surface area (Å²) in [6.07, 6.45) is 2.07. The van der Waals surface area contributed by atoms with E-state index in [1.807, 2.05) is 0 Å². The van der Waals surface area contributed by atoms with E-state index in [4.69, 9.17) is 4.74 Å². The van der Waals surface area contributed by atoms with Gasteiger partial charge in [0.2, 0.25) is 0 Å². The standard InChI is InChI=1S/C11H20N2O2/c1-12-5-6-15-11(8-12)9-13-4-2-3-10(14)7-13/h11H,2-9H2,1H3. The molecule has 2 aliphatic rings. The zero-order chi connectivity index (χ0) is 10.7. The zero-order valence-electron chi connectivity index (χ0n) is 9.45. The highest BCUT2D eigenvalue weighted by Gasteiger charge is 2.23. The van der Waals surface area contributed by atoms with Gasteiger partial charge in [-0.15, -0.1) is 0 Å². The van der Waals surface area contributed by atoms with Gasteiger partial charge in [0.05, 0.1) is 19.3 Å². The second-order valence-corrected chi connectivity index (χ2v) is 4.63. The van der Waals surface area contributed by atoms with Gasteiger partial charge in [-0.3, -0.25) is 9.69 Å². The molecule has 2 rings (SSSR count). The van der Waals surface area contributed by atoms with E-state index in [2.05, 4.69) is 16.8 Å². The second kappa shape index (κ2) is 5.05. The Bertz CT molecular complexity index is 233. The van der Waals surface area contributed by atoms with Crippen LogP contribution in [0.4, 0.5) is 0 Å². The number of likely N-dealkylation sites (tertiary alicyclic amines) is 1. The van der Waals surface area contributed by atoms with E-state index >= 15 is 0 Å². The molecule has 0 spiro atoms. The van der Waals surface area contributed by atoms with Crippen LogP contribution in [0.25, 0.3) is 0 Å². The fourth-order valence-corrected chi connectivity index (χ4v) is 2.33. The van der Waals surface area contributed by atoms with Gasteiger partial charge in [-0.1, -0.05) is 0 Å². The third kappa shape index (κ3) is 3.26. The first-order valence-electron chi connectivity index (χ1n) is 5.78. The molecular weight excluding hydrogens is 192 g/mol. The smallest absolute Gasteiger partial charge is 0.146 e. The van der Waals surface area contributed by atoms with Crippen molar-refractivity contribution in [1.82, 2.24) is 9.80 Å². The van der Waals surface area contributed by atoms with Crippen LogP contribution in [0.3, 0.4) is 0 Å². The highest BCUT2D eigenvalue weighted by atomic mass is 16.5. The van der Waals surface area contributed by atoms with E-state index < -0.39 is 0 Å². The molecule has 2 fully saturated rings. The molecule has 4 heteroatoms. The van der Waals surface area contributed by atoms with Crippen LogP contribution in [-0.4, -0.2) is 68.1 Å². The summed E-state index contributed by atoms with van der Waals surface area (Å²) in [7, 11) is 2.12. The highest BCUT2D eigenvalue weighted by molar-refractivity contribution is 5.81. The summed E-state index contributed by atoms with van der Waals surface area (Å²) < 4.78 is 5.69. The highest BCUT2D eigenvalue weighted by Crippen LogP contribution is 2.10. The van der Waals surface area contributed by atoms with Crippen molar-refractivity contribution < 1.29 is 9.53 Å². The minimum Gasteiger partial charge on any atom is -0.374 e. The van der Waals surface area contributed by atoms with Crippen LogP contribution in [0.1, 0.15) is 12.8 Å². The molecule has 0 aromatic carbocycles. The first kappa shape index (κ1) is 11.0. The fourth-order valence-electron chi connectivity index (χ4n) is 2.33. The molecule has 4 nitrogen and oxygen atoms in total. The average Bonchev–Trinajstić information content (AvgIpc) is 2.17. The van der Waals surface area contributed by atoms with Gasteiger partial charge in [-0.2, -0.15) is 0 Å². The first-order chi connectivity index (χ1) is 7.24. The molecule has 0 aliphatic carbocycles. The molecule has 0 saturated carbocycles. The number of hydrogen-bond donors (Lipinski definition) is 0. The topological polar surface area (TPSA) is 32.8 Å². The molecule has 0 N–H and O–H groups in total. The Kier molecular flexibility index (Phi) is 3.72. The number of ether oxygens (including phenoxy) is 1. The van der Waals surface area contributed by atoms with Gasteiger partial charge in [0.1, 0.15) is 5.78 Å². The van der Waals surface area contributed by atoms with Crippen LogP contribution in [0.2, 0.25) is 0 Å². The predicted octanol–water partition coefficient (Wildman–Crippen LogP) is -0.0181. The van der Waals surface area contributed by atoms with Crippen LogP contribution in [0, 0.1) is 0 Å². The summed E-state index contributed by atoms with van der Waals surface area (Å²) in [5, 5.41) is 0. The zero-order valence-corrected chi connectivity index (χ0v) is 9.45. The van der Waals surface area contributed by atoms with Crippen molar-refractivity contribution in [2.75, 3.05) is 46.4 Å². The minimum atomic E-state index is 0.287. The van der Waals surface area contributed by atoms with E-state index in [1.54, 1.807) is 0 Å². The molecule has 1 unspecified atom stereocenters. The number of nitrogens with zero attached hydrogens (tertiary/aromatic N) is 2. The van der Waals surface area contributed by atoms with E-state index in [1.165, 1.54) is 0 Å². The lowest BCUT2D eigenvalue weighted by Crippen LogP contribution is -2.48. The molecule has 2 saturated heterocycles. The maximum atomic E-state index is 11.3. The number of ketones is 1. The Morgan fingerprint density at radius 1 is 1.47 bits per heavy atom. The summed E-state index contributed by atoms with van der Waals surface area (Å²) in [5.41, 5.74) is 0. The molecule has 0 amide bonds. The van der Waals surface area contributed by atoms with Crippen LogP contribution < -0.4 is 0 Å². The summed E-state index contributed by atoms with van der Waals surface area (Å²) >= 11 is 0. The molecule has 15 heavy (non-hydrogen) atoms. The number of Topliss-reactive ketones (excluding diaryl/α,β-unsaturated/α-hetero) is 1. The van der Waals surface area contributed by atoms with Gasteiger partial charge >= 0.3 is 0 Å². The number of piperidine rings is 1. The molecular formula is C11H20N2O2. The van der Waals surface area contributed by atoms with Gasteiger partial charge in [0, 0.05) is 26.1 Å². The van der Waals surface area contributed by atoms with Crippen molar-refractivity contribution in [2.24, 2.45) is 0 Å². The number of morpholine rings is 1. The van der Waals surface area contributed by atoms with Gasteiger partial charge < -0.3 is 9.64 Å². The molecule has 0 aromatic heterocycles. The number of likely N-dealkylation sites (N-methyl/N-ethyl adjacent to an activating group) is 1. The van der Waals surface area contributed by atoms with E-state index in [9.17, 15) is 4.79 Å². The molecule has 0 aromatic rings. The summed E-state index contributed by atoms with van der Waals surface area (Å²) in [6, 6.07) is 0. The second-order valence-electron chi connectivity index (χ2n) is 4.63. The van der Waals surface area contributed by atoms with E-state index in [-0.39, 0.29) is 6.10 Å². The Labute approximate surface area is 91.2 Å². The quantitative estimate of drug-likeness (QED) is 0.644. The van der Waals surface area contributed by atoms with Gasteiger partial charge in [-0.05, 0) is 20.0 Å². The van der Waals surface area contributed by atoms with Crippen LogP contribution >= 0.6 is 0 Å². The lowest BCUT2D eigenvalue weighted by molar-refractivity contribution is -0.123. The largest absolute Gasteiger partial charge is 0.374 e. The van der Waals surface area contributed by atoms with Crippen LogP contribution in [0.5, 0.6) is 0 Å². The Hall–Kier alpha value is -0.450. The predicted molar refractivity (Wildman–Crippen MR) is 57.9 cm³/mol. The number of hydrogen-bond acceptors (Lipinski definition) is 4. The van der Waals surface area contributed by atoms with Gasteiger partial charge in [0.15, 0.2) is 0 Å². The van der Waals surface area contributed by atoms with Crippen molar-refractivity contribution in [3.05, 3.63) is 0 Å². The fraction of sp³-hybridized carbons (Fsp3) is 0.909. The summed E-state index contributed by atoms with van der Waals surface area (Å²) in [5.74, 6) is 0.380. The molecule has 0 bridgehead atoms. The number of carbonyl (C=O) groups is 1. The number of carbonyl (C=O) groups excluding carboxylic acids is 1. The SMILES string of the molecule is CN1CCOC(CN2CCCC(=O)C2)C1. The van der Waals surface area contributed by atoms with E-state index in [0.717, 1.165) is 45.6 Å². The average molecular weight is 212 g/mol. The van der Waals surface area contributed by atoms with Gasteiger partial charge in [-0.25, -0.2) is 0 Å². The van der Waals surface area contributed by atoms with Crippen molar-refractivity contribution in [3.8, 4) is 0 Å². The van der Waals surface area contributed by atoms with Gasteiger partial charge in [0.25, 0.3) is 0 Å². The maximum Gasteiger partial charge on any atom is 0.146 e. The lowest BCUT2D eigenvalue weighted by Gasteiger charge is -2.34. The number of rotatable bonds is 2. The van der Waals surface area contributed by atoms with Crippen molar-refractivity contribution in [1.29, 1.82) is 0 Å². The summed E-state index contributed by atoms with van der Waals surface area (Å²) in [4.78, 5) is 15.8. The van der Waals surface area contributed by atoms with Crippen molar-refractivity contribution >= 4 is 5.78 Å². The summed E-state index contributed by atoms with van der Waals surface area (Å²) in [6.45, 7) is 5.43. The lowest BCUT2D eigenvalue weighted by atomic mass is 10.1. The van der Waals surface area contributed by atoms with E-state index in [0.29, 0.717) is 12.3 Å². The Morgan fingerprint density at radius 2 is 2.33 bits per heavy atom. The first-order valence-corrected chi connectivity index (χ1v) is 5.78. The normalized spacial score (nSPS) is 30.7. The van der Waals surface area contributed by atoms with Crippen molar-refractivity contribution in [2.45, 2.75) is 18.9 Å². The minimum absolute atomic E-state index is 0.287. The Balaban J connectivity index is 1.77. The third-order valence-corrected chi connectivity index (χ3v) is 3.13. The van der Waals surface area contributed by atoms with Crippen LogP contribution in [0.15, 0.2) is 0 Å². The molecule has 86 valence electrons. The monoisotopic (exact) mass is 212 g/mol. The molecule has 0 radical (unpaired) electrons. The van der Waals surface area contributed by atoms with Crippen LogP contribution in [-0.2, 0) is 9.53 Å². The maximum absolute atomic E-state index is 11.3.